The molecule has 0 aliphatic rings. The SMILES string of the molecule is CCNC(=NCc1ccc(OC)cc1)NCc1nc(C)c(C)s1. The van der Waals surface area contributed by atoms with Gasteiger partial charge in [-0.3, -0.25) is 0 Å². The van der Waals surface area contributed by atoms with Crippen LogP contribution in [0.3, 0.4) is 0 Å². The average molecular weight is 332 g/mol. The van der Waals surface area contributed by atoms with E-state index in [2.05, 4.69) is 34.5 Å². The standard InChI is InChI=1S/C17H24N4OS/c1-5-18-17(20-11-16-21-12(2)13(3)23-16)19-10-14-6-8-15(22-4)9-7-14/h6-9H,5,10-11H2,1-4H3,(H2,18,19,20). The first kappa shape index (κ1) is 17.3. The lowest BCUT2D eigenvalue weighted by molar-refractivity contribution is 0.414. The number of nitrogens with zero attached hydrogens (tertiary/aromatic N) is 2. The normalized spacial score (nSPS) is 11.4. The summed E-state index contributed by atoms with van der Waals surface area (Å²) in [6.07, 6.45) is 0. The molecule has 0 unspecified atom stereocenters. The summed E-state index contributed by atoms with van der Waals surface area (Å²) in [5.41, 5.74) is 2.25. The summed E-state index contributed by atoms with van der Waals surface area (Å²) in [5, 5.41) is 7.67. The number of rotatable bonds is 6. The minimum Gasteiger partial charge on any atom is -0.497 e. The predicted octanol–water partition coefficient (Wildman–Crippen LogP) is 3.02. The van der Waals surface area contributed by atoms with Gasteiger partial charge in [-0.25, -0.2) is 9.98 Å². The van der Waals surface area contributed by atoms with Crippen LogP contribution in [0.25, 0.3) is 0 Å². The molecule has 1 aromatic heterocycles. The number of aliphatic imine (C=N–C) groups is 1. The highest BCUT2D eigenvalue weighted by molar-refractivity contribution is 7.11. The third kappa shape index (κ3) is 5.25. The van der Waals surface area contributed by atoms with E-state index in [1.54, 1.807) is 18.4 Å². The van der Waals surface area contributed by atoms with Gasteiger partial charge in [-0.15, -0.1) is 11.3 Å². The Morgan fingerprint density at radius 1 is 1.22 bits per heavy atom. The van der Waals surface area contributed by atoms with Crippen LogP contribution < -0.4 is 15.4 Å². The predicted molar refractivity (Wildman–Crippen MR) is 96.2 cm³/mol. The highest BCUT2D eigenvalue weighted by Crippen LogP contribution is 2.16. The summed E-state index contributed by atoms with van der Waals surface area (Å²) in [6.45, 7) is 8.33. The van der Waals surface area contributed by atoms with Crippen LogP contribution in [-0.2, 0) is 13.1 Å². The largest absolute Gasteiger partial charge is 0.497 e. The number of benzene rings is 1. The zero-order valence-corrected chi connectivity index (χ0v) is 15.0. The maximum atomic E-state index is 5.17. The number of hydrogen-bond donors (Lipinski definition) is 2. The molecule has 2 aromatic rings. The molecule has 0 saturated carbocycles. The van der Waals surface area contributed by atoms with Crippen LogP contribution in [0.5, 0.6) is 5.75 Å². The fraction of sp³-hybridized carbons (Fsp3) is 0.412. The van der Waals surface area contributed by atoms with Crippen molar-refractivity contribution in [3.05, 3.63) is 45.4 Å². The van der Waals surface area contributed by atoms with Gasteiger partial charge in [0.15, 0.2) is 5.96 Å². The lowest BCUT2D eigenvalue weighted by atomic mass is 10.2. The van der Waals surface area contributed by atoms with Gasteiger partial charge in [0, 0.05) is 11.4 Å². The number of methoxy groups -OCH3 is 1. The summed E-state index contributed by atoms with van der Waals surface area (Å²) in [7, 11) is 1.67. The Kier molecular flexibility index (Phi) is 6.40. The monoisotopic (exact) mass is 332 g/mol. The minimum atomic E-state index is 0.620. The molecular weight excluding hydrogens is 308 g/mol. The number of nitrogens with one attached hydrogen (secondary N) is 2. The number of aryl methyl sites for hydroxylation is 2. The molecule has 6 heteroatoms. The summed E-state index contributed by atoms with van der Waals surface area (Å²) in [4.78, 5) is 10.4. The molecule has 0 aliphatic carbocycles. The van der Waals surface area contributed by atoms with Crippen molar-refractivity contribution in [2.24, 2.45) is 4.99 Å². The lowest BCUT2D eigenvalue weighted by Crippen LogP contribution is -2.36. The van der Waals surface area contributed by atoms with Crippen LogP contribution in [0.1, 0.15) is 28.1 Å². The molecule has 0 saturated heterocycles. The molecule has 0 atom stereocenters. The molecule has 0 bridgehead atoms. The first-order chi connectivity index (χ1) is 11.1. The van der Waals surface area contributed by atoms with E-state index in [1.165, 1.54) is 4.88 Å². The van der Waals surface area contributed by atoms with Crippen molar-refractivity contribution < 1.29 is 4.74 Å². The number of guanidine groups is 1. The highest BCUT2D eigenvalue weighted by Gasteiger charge is 2.04. The number of ether oxygens (including phenoxy) is 1. The van der Waals surface area contributed by atoms with Gasteiger partial charge in [-0.2, -0.15) is 0 Å². The molecule has 0 fully saturated rings. The van der Waals surface area contributed by atoms with Crippen molar-refractivity contribution in [2.75, 3.05) is 13.7 Å². The Bertz CT molecular complexity index is 630. The average Bonchev–Trinajstić information content (AvgIpc) is 2.89. The van der Waals surface area contributed by atoms with E-state index in [-0.39, 0.29) is 0 Å². The third-order valence-electron chi connectivity index (χ3n) is 3.40. The van der Waals surface area contributed by atoms with Crippen molar-refractivity contribution >= 4 is 17.3 Å². The molecule has 0 amide bonds. The second-order valence-electron chi connectivity index (χ2n) is 5.15. The van der Waals surface area contributed by atoms with Gasteiger partial charge < -0.3 is 15.4 Å². The van der Waals surface area contributed by atoms with E-state index < -0.39 is 0 Å². The van der Waals surface area contributed by atoms with Crippen molar-refractivity contribution in [3.63, 3.8) is 0 Å². The number of aromatic nitrogens is 1. The smallest absolute Gasteiger partial charge is 0.191 e. The van der Waals surface area contributed by atoms with Gasteiger partial charge in [0.2, 0.25) is 0 Å². The zero-order valence-electron chi connectivity index (χ0n) is 14.1. The van der Waals surface area contributed by atoms with Crippen molar-refractivity contribution in [1.82, 2.24) is 15.6 Å². The van der Waals surface area contributed by atoms with Crippen LogP contribution >= 0.6 is 11.3 Å². The minimum absolute atomic E-state index is 0.620. The van der Waals surface area contributed by atoms with Crippen LogP contribution in [0.2, 0.25) is 0 Å². The van der Waals surface area contributed by atoms with E-state index in [9.17, 15) is 0 Å². The fourth-order valence-corrected chi connectivity index (χ4v) is 2.89. The molecule has 0 spiro atoms. The third-order valence-corrected chi connectivity index (χ3v) is 4.48. The Labute approximate surface area is 141 Å². The van der Waals surface area contributed by atoms with Crippen LogP contribution in [-0.4, -0.2) is 24.6 Å². The first-order valence-corrected chi connectivity index (χ1v) is 8.52. The maximum Gasteiger partial charge on any atom is 0.191 e. The quantitative estimate of drug-likeness (QED) is 0.631. The van der Waals surface area contributed by atoms with E-state index in [0.717, 1.165) is 34.5 Å². The molecule has 0 aliphatic heterocycles. The lowest BCUT2D eigenvalue weighted by Gasteiger charge is -2.10. The molecule has 0 radical (unpaired) electrons. The zero-order chi connectivity index (χ0) is 16.7. The number of hydrogen-bond acceptors (Lipinski definition) is 4. The Morgan fingerprint density at radius 2 is 1.96 bits per heavy atom. The molecule has 1 heterocycles. The van der Waals surface area contributed by atoms with E-state index in [4.69, 9.17) is 4.74 Å². The van der Waals surface area contributed by atoms with Crippen LogP contribution in [0.4, 0.5) is 0 Å². The summed E-state index contributed by atoms with van der Waals surface area (Å²) >= 11 is 1.72. The first-order valence-electron chi connectivity index (χ1n) is 7.70. The summed E-state index contributed by atoms with van der Waals surface area (Å²) in [6, 6.07) is 7.96. The van der Waals surface area contributed by atoms with Crippen LogP contribution in [0.15, 0.2) is 29.3 Å². The molecule has 5 nitrogen and oxygen atoms in total. The Hall–Kier alpha value is -2.08. The second-order valence-corrected chi connectivity index (χ2v) is 6.43. The van der Waals surface area contributed by atoms with Gasteiger partial charge in [0.05, 0.1) is 25.9 Å². The van der Waals surface area contributed by atoms with Crippen molar-refractivity contribution in [2.45, 2.75) is 33.9 Å². The van der Waals surface area contributed by atoms with Crippen molar-refractivity contribution in [1.29, 1.82) is 0 Å². The topological polar surface area (TPSA) is 58.5 Å². The highest BCUT2D eigenvalue weighted by atomic mass is 32.1. The fourth-order valence-electron chi connectivity index (χ4n) is 2.02. The molecule has 124 valence electrons. The second kappa shape index (κ2) is 8.53. The molecule has 23 heavy (non-hydrogen) atoms. The van der Waals surface area contributed by atoms with E-state index >= 15 is 0 Å². The Morgan fingerprint density at radius 3 is 2.52 bits per heavy atom. The van der Waals surface area contributed by atoms with Gasteiger partial charge in [0.25, 0.3) is 0 Å². The van der Waals surface area contributed by atoms with Gasteiger partial charge in [-0.1, -0.05) is 12.1 Å². The van der Waals surface area contributed by atoms with Gasteiger partial charge in [-0.05, 0) is 38.5 Å². The van der Waals surface area contributed by atoms with E-state index in [1.807, 2.05) is 31.2 Å². The molecule has 1 aromatic carbocycles. The Balaban J connectivity index is 1.95. The molecule has 2 N–H and O–H groups in total. The molecular formula is C17H24N4OS. The van der Waals surface area contributed by atoms with Gasteiger partial charge in [0.1, 0.15) is 10.8 Å². The number of thiazole rings is 1. The van der Waals surface area contributed by atoms with Crippen molar-refractivity contribution in [3.8, 4) is 5.75 Å². The van der Waals surface area contributed by atoms with Crippen LogP contribution in [0, 0.1) is 13.8 Å². The van der Waals surface area contributed by atoms with Gasteiger partial charge >= 0.3 is 0 Å². The molecule has 2 rings (SSSR count). The van der Waals surface area contributed by atoms with E-state index in [0.29, 0.717) is 13.1 Å². The maximum absolute atomic E-state index is 5.17. The summed E-state index contributed by atoms with van der Waals surface area (Å²) < 4.78 is 5.17. The summed E-state index contributed by atoms with van der Waals surface area (Å²) in [5.74, 6) is 1.66.